The molecule has 17 heteroatoms. The second kappa shape index (κ2) is 11.5. The third kappa shape index (κ3) is 7.66. The number of phenols is 1. The standard InChI is InChI=1S/C22H20ClN5O8S3/c1-12-18(38(30,31)32)11-13-10-15(4-7-17(13)19(12)29)25-22-27-20(23)26-21(28-22)24-14-2-5-16(6-3-14)37-9-8-36-39(33,34)35/h2-7,10-11,29H,8-9H2,1H3,(H,30,31,32)(H,33,34,35)(H2,24,25,26,27,28). The van der Waals surface area contributed by atoms with E-state index < -0.39 is 25.4 Å². The van der Waals surface area contributed by atoms with Gasteiger partial charge >= 0.3 is 10.4 Å². The number of thioether (sulfide) groups is 1. The molecule has 1 aromatic heterocycles. The molecule has 13 nitrogen and oxygen atoms in total. The number of fused-ring (bicyclic) bond motifs is 1. The highest BCUT2D eigenvalue weighted by Gasteiger charge is 2.19. The molecule has 0 bridgehead atoms. The molecule has 0 fully saturated rings. The first-order chi connectivity index (χ1) is 18.3. The SMILES string of the molecule is Cc1c(S(=O)(=O)O)cc2cc(Nc3nc(Cl)nc(Nc4ccc(SCCOS(=O)(=O)O)cc4)n3)ccc2c1O. The number of aromatic nitrogens is 3. The molecule has 4 rings (SSSR count). The first-order valence-electron chi connectivity index (χ1n) is 10.8. The Kier molecular flexibility index (Phi) is 8.45. The van der Waals surface area contributed by atoms with E-state index in [-0.39, 0.29) is 35.1 Å². The molecule has 0 radical (unpaired) electrons. The highest BCUT2D eigenvalue weighted by molar-refractivity contribution is 7.99. The maximum atomic E-state index is 11.7. The fourth-order valence-electron chi connectivity index (χ4n) is 3.47. The third-order valence-electron chi connectivity index (χ3n) is 5.16. The van der Waals surface area contributed by atoms with Gasteiger partial charge in [0.05, 0.1) is 6.61 Å². The molecule has 0 saturated heterocycles. The lowest BCUT2D eigenvalue weighted by Crippen LogP contribution is -2.06. The maximum Gasteiger partial charge on any atom is 0.397 e. The van der Waals surface area contributed by atoms with Crippen molar-refractivity contribution in [3.05, 3.63) is 59.4 Å². The quantitative estimate of drug-likeness (QED) is 0.0960. The van der Waals surface area contributed by atoms with E-state index in [0.29, 0.717) is 27.9 Å². The van der Waals surface area contributed by atoms with Crippen LogP contribution in [0, 0.1) is 6.92 Å². The number of aromatic hydroxyl groups is 1. The lowest BCUT2D eigenvalue weighted by atomic mass is 10.1. The van der Waals surface area contributed by atoms with Gasteiger partial charge in [0, 0.05) is 33.0 Å². The van der Waals surface area contributed by atoms with E-state index in [4.69, 9.17) is 16.2 Å². The fourth-order valence-corrected chi connectivity index (χ4v) is 5.52. The minimum absolute atomic E-state index is 0.0310. The Morgan fingerprint density at radius 1 is 0.923 bits per heavy atom. The summed E-state index contributed by atoms with van der Waals surface area (Å²) in [4.78, 5) is 12.8. The summed E-state index contributed by atoms with van der Waals surface area (Å²) in [6, 6.07) is 13.0. The van der Waals surface area contributed by atoms with Gasteiger partial charge in [0.25, 0.3) is 10.1 Å². The van der Waals surface area contributed by atoms with Crippen LogP contribution in [0.2, 0.25) is 5.28 Å². The lowest BCUT2D eigenvalue weighted by molar-refractivity contribution is 0.285. The van der Waals surface area contributed by atoms with Crippen molar-refractivity contribution in [1.82, 2.24) is 15.0 Å². The van der Waals surface area contributed by atoms with Gasteiger partial charge in [-0.2, -0.15) is 31.8 Å². The number of nitrogens with zero attached hydrogens (tertiary/aromatic N) is 3. The van der Waals surface area contributed by atoms with Crippen LogP contribution in [0.5, 0.6) is 5.75 Å². The predicted molar refractivity (Wildman–Crippen MR) is 146 cm³/mol. The first kappa shape index (κ1) is 28.8. The Balaban J connectivity index is 1.49. The molecular formula is C22H20ClN5O8S3. The van der Waals surface area contributed by atoms with Crippen LogP contribution in [-0.4, -0.2) is 58.4 Å². The number of phenolic OH excluding ortho intramolecular Hbond substituents is 1. The Hall–Kier alpha value is -3.25. The van der Waals surface area contributed by atoms with E-state index in [1.165, 1.54) is 24.8 Å². The fraction of sp³-hybridized carbons (Fsp3) is 0.136. The Bertz CT molecular complexity index is 1750. The van der Waals surface area contributed by atoms with Gasteiger partial charge in [-0.15, -0.1) is 11.8 Å². The molecule has 0 aliphatic carbocycles. The van der Waals surface area contributed by atoms with Crippen LogP contribution in [0.3, 0.4) is 0 Å². The predicted octanol–water partition coefficient (Wildman–Crippen LogP) is 4.34. The first-order valence-corrected chi connectivity index (χ1v) is 15.0. The van der Waals surface area contributed by atoms with Crippen molar-refractivity contribution in [2.24, 2.45) is 0 Å². The lowest BCUT2D eigenvalue weighted by Gasteiger charge is -2.12. The Morgan fingerprint density at radius 3 is 2.15 bits per heavy atom. The van der Waals surface area contributed by atoms with Crippen molar-refractivity contribution in [3.63, 3.8) is 0 Å². The van der Waals surface area contributed by atoms with Crippen LogP contribution in [0.1, 0.15) is 5.56 Å². The molecule has 0 saturated carbocycles. The molecule has 5 N–H and O–H groups in total. The zero-order chi connectivity index (χ0) is 28.4. The highest BCUT2D eigenvalue weighted by atomic mass is 35.5. The van der Waals surface area contributed by atoms with Crippen LogP contribution in [0.25, 0.3) is 10.8 Å². The van der Waals surface area contributed by atoms with E-state index in [2.05, 4.69) is 29.8 Å². The summed E-state index contributed by atoms with van der Waals surface area (Å²) in [5.41, 5.74) is 1.10. The molecule has 0 atom stereocenters. The summed E-state index contributed by atoms with van der Waals surface area (Å²) in [7, 11) is -9.02. The summed E-state index contributed by atoms with van der Waals surface area (Å²) in [5, 5.41) is 17.0. The Labute approximate surface area is 232 Å². The van der Waals surface area contributed by atoms with Gasteiger partial charge in [0.15, 0.2) is 0 Å². The normalized spacial score (nSPS) is 12.0. The summed E-state index contributed by atoms with van der Waals surface area (Å²) < 4.78 is 66.9. The molecule has 0 aliphatic heterocycles. The highest BCUT2D eigenvalue weighted by Crippen LogP contribution is 2.35. The van der Waals surface area contributed by atoms with E-state index in [9.17, 15) is 26.5 Å². The van der Waals surface area contributed by atoms with Crippen LogP contribution in [0.15, 0.2) is 58.3 Å². The number of halogens is 1. The number of hydrogen-bond acceptors (Lipinski definition) is 12. The second-order valence-corrected chi connectivity index (χ2v) is 11.9. The number of rotatable bonds is 10. The average Bonchev–Trinajstić information content (AvgIpc) is 2.83. The zero-order valence-electron chi connectivity index (χ0n) is 19.9. The topological polar surface area (TPSA) is 201 Å². The molecule has 39 heavy (non-hydrogen) atoms. The summed E-state index contributed by atoms with van der Waals surface area (Å²) >= 11 is 7.39. The summed E-state index contributed by atoms with van der Waals surface area (Å²) in [6.45, 7) is 1.21. The molecule has 0 spiro atoms. The van der Waals surface area contributed by atoms with E-state index in [1.807, 2.05) is 0 Å². The molecule has 3 aromatic carbocycles. The van der Waals surface area contributed by atoms with Gasteiger partial charge in [-0.3, -0.25) is 9.11 Å². The molecule has 0 aliphatic rings. The largest absolute Gasteiger partial charge is 0.507 e. The number of hydrogen-bond donors (Lipinski definition) is 5. The van der Waals surface area contributed by atoms with Crippen molar-refractivity contribution in [2.45, 2.75) is 16.7 Å². The van der Waals surface area contributed by atoms with Crippen LogP contribution in [-0.2, 0) is 24.7 Å². The van der Waals surface area contributed by atoms with Gasteiger partial charge in [0.1, 0.15) is 10.6 Å². The van der Waals surface area contributed by atoms with Crippen molar-refractivity contribution in [2.75, 3.05) is 23.0 Å². The second-order valence-electron chi connectivity index (χ2n) is 7.88. The number of nitrogens with one attached hydrogen (secondary N) is 2. The van der Waals surface area contributed by atoms with Crippen molar-refractivity contribution in [3.8, 4) is 5.75 Å². The Morgan fingerprint density at radius 2 is 1.54 bits per heavy atom. The van der Waals surface area contributed by atoms with Crippen LogP contribution < -0.4 is 10.6 Å². The van der Waals surface area contributed by atoms with Gasteiger partial charge in [-0.25, -0.2) is 4.18 Å². The number of anilines is 4. The van der Waals surface area contributed by atoms with Crippen molar-refractivity contribution >= 4 is 77.9 Å². The van der Waals surface area contributed by atoms with Crippen molar-refractivity contribution in [1.29, 1.82) is 0 Å². The number of benzene rings is 3. The molecule has 1 heterocycles. The van der Waals surface area contributed by atoms with E-state index in [1.54, 1.807) is 42.5 Å². The van der Waals surface area contributed by atoms with Crippen LogP contribution in [0.4, 0.5) is 23.3 Å². The van der Waals surface area contributed by atoms with Gasteiger partial charge in [-0.1, -0.05) is 0 Å². The molecule has 4 aromatic rings. The monoisotopic (exact) mass is 613 g/mol. The van der Waals surface area contributed by atoms with Gasteiger partial charge < -0.3 is 15.7 Å². The average molecular weight is 614 g/mol. The molecule has 0 amide bonds. The zero-order valence-corrected chi connectivity index (χ0v) is 23.1. The smallest absolute Gasteiger partial charge is 0.397 e. The van der Waals surface area contributed by atoms with Gasteiger partial charge in [0.2, 0.25) is 17.2 Å². The van der Waals surface area contributed by atoms with Gasteiger partial charge in [-0.05, 0) is 72.4 Å². The maximum absolute atomic E-state index is 11.7. The summed E-state index contributed by atoms with van der Waals surface area (Å²) in [6.07, 6.45) is 0. The minimum Gasteiger partial charge on any atom is -0.507 e. The minimum atomic E-state index is -4.55. The van der Waals surface area contributed by atoms with Crippen molar-refractivity contribution < 1.29 is 35.2 Å². The molecule has 0 unspecified atom stereocenters. The molecular weight excluding hydrogens is 594 g/mol. The van der Waals surface area contributed by atoms with E-state index >= 15 is 0 Å². The summed E-state index contributed by atoms with van der Waals surface area (Å²) in [5.74, 6) is 0.240. The van der Waals surface area contributed by atoms with E-state index in [0.717, 1.165) is 4.90 Å². The third-order valence-corrected chi connectivity index (χ3v) is 7.74. The van der Waals surface area contributed by atoms with Crippen LogP contribution >= 0.6 is 23.4 Å². The molecule has 206 valence electrons.